The van der Waals surface area contributed by atoms with E-state index in [1.54, 1.807) is 0 Å². The van der Waals surface area contributed by atoms with Crippen molar-refractivity contribution in [2.24, 2.45) is 23.7 Å². The molecule has 0 radical (unpaired) electrons. The zero-order valence-corrected chi connectivity index (χ0v) is 13.7. The monoisotopic (exact) mass is 308 g/mol. The summed E-state index contributed by atoms with van der Waals surface area (Å²) in [5.74, 6) is 1.99. The fraction of sp³-hybridized carbons (Fsp3) is 0.550. The normalized spacial score (nSPS) is 41.1. The van der Waals surface area contributed by atoms with Crippen molar-refractivity contribution >= 4 is 5.91 Å². The van der Waals surface area contributed by atoms with Crippen LogP contribution in [0.5, 0.6) is 0 Å². The van der Waals surface area contributed by atoms with Gasteiger partial charge in [-0.05, 0) is 50.1 Å². The van der Waals surface area contributed by atoms with Crippen molar-refractivity contribution in [3.8, 4) is 0 Å². The van der Waals surface area contributed by atoms with Gasteiger partial charge in [0.25, 0.3) is 0 Å². The first-order valence-corrected chi connectivity index (χ1v) is 9.04. The van der Waals surface area contributed by atoms with Crippen molar-refractivity contribution in [2.45, 2.75) is 31.8 Å². The molecule has 3 fully saturated rings. The lowest BCUT2D eigenvalue weighted by Gasteiger charge is -2.44. The summed E-state index contributed by atoms with van der Waals surface area (Å²) >= 11 is 0. The number of fused-ring (bicyclic) bond motifs is 7. The van der Waals surface area contributed by atoms with Crippen LogP contribution in [0.4, 0.5) is 0 Å². The van der Waals surface area contributed by atoms with Crippen LogP contribution in [0.25, 0.3) is 0 Å². The molecule has 2 saturated heterocycles. The van der Waals surface area contributed by atoms with Crippen molar-refractivity contribution in [1.82, 2.24) is 10.2 Å². The Balaban J connectivity index is 1.70. The fourth-order valence-corrected chi connectivity index (χ4v) is 5.69. The number of hydrogen-bond acceptors (Lipinski definition) is 2. The first-order valence-electron chi connectivity index (χ1n) is 9.04. The number of hydrogen-bond donors (Lipinski definition) is 1. The van der Waals surface area contributed by atoms with Crippen LogP contribution in [0.3, 0.4) is 0 Å². The Labute approximate surface area is 137 Å². The van der Waals surface area contributed by atoms with Gasteiger partial charge in [0.1, 0.15) is 5.66 Å². The number of carbonyl (C=O) groups is 1. The van der Waals surface area contributed by atoms with E-state index in [4.69, 9.17) is 0 Å². The van der Waals surface area contributed by atoms with E-state index in [9.17, 15) is 4.79 Å². The summed E-state index contributed by atoms with van der Waals surface area (Å²) < 4.78 is 0. The van der Waals surface area contributed by atoms with Gasteiger partial charge in [0.05, 0.1) is 5.92 Å². The molecule has 1 aromatic rings. The summed E-state index contributed by atoms with van der Waals surface area (Å²) in [4.78, 5) is 15.5. The van der Waals surface area contributed by atoms with E-state index in [1.165, 1.54) is 17.5 Å². The molecular weight excluding hydrogens is 284 g/mol. The number of carbonyl (C=O) groups excluding carboxylic acids is 1. The standard InChI is InChI=1S/C20H24N2O/c1-13-4-8-16(9-5-13)20-18-15-7-6-14(12-15)17(18)19(23)22(20)11-3-2-10-21-20/h4-9,14-15,17-18,21H,2-3,10-12H2,1H3/t14-,15+,17+,18-,20-/m0/s1. The van der Waals surface area contributed by atoms with E-state index in [0.717, 1.165) is 25.9 Å². The quantitative estimate of drug-likeness (QED) is 0.809. The van der Waals surface area contributed by atoms with Gasteiger partial charge in [0, 0.05) is 12.5 Å². The predicted octanol–water partition coefficient (Wildman–Crippen LogP) is 2.81. The smallest absolute Gasteiger partial charge is 0.228 e. The molecule has 2 aliphatic carbocycles. The van der Waals surface area contributed by atoms with Gasteiger partial charge in [0.2, 0.25) is 5.91 Å². The summed E-state index contributed by atoms with van der Waals surface area (Å²) in [6, 6.07) is 8.86. The maximum atomic E-state index is 13.3. The Morgan fingerprint density at radius 1 is 1.13 bits per heavy atom. The number of nitrogens with one attached hydrogen (secondary N) is 1. The summed E-state index contributed by atoms with van der Waals surface area (Å²) in [6.45, 7) is 4.02. The third-order valence-corrected chi connectivity index (χ3v) is 6.61. The Morgan fingerprint density at radius 3 is 2.74 bits per heavy atom. The number of aryl methyl sites for hydroxylation is 1. The Bertz CT molecular complexity index is 679. The van der Waals surface area contributed by atoms with E-state index < -0.39 is 0 Å². The SMILES string of the molecule is Cc1ccc([C@]23NCCCCN2C(=O)[C@H]2[C@@H]3[C@@H]3C=C[C@H]2C3)cc1. The van der Waals surface area contributed by atoms with Crippen molar-refractivity contribution < 1.29 is 4.79 Å². The minimum Gasteiger partial charge on any atom is -0.320 e. The summed E-state index contributed by atoms with van der Waals surface area (Å²) in [5.41, 5.74) is 2.28. The highest BCUT2D eigenvalue weighted by molar-refractivity contribution is 5.85. The van der Waals surface area contributed by atoms with E-state index in [1.807, 2.05) is 0 Å². The number of allylic oxidation sites excluding steroid dienone is 2. The van der Waals surface area contributed by atoms with E-state index in [2.05, 4.69) is 53.6 Å². The Morgan fingerprint density at radius 2 is 1.91 bits per heavy atom. The first-order chi connectivity index (χ1) is 11.2. The van der Waals surface area contributed by atoms with Crippen LogP contribution in [-0.4, -0.2) is 23.9 Å². The Kier molecular flexibility index (Phi) is 2.82. The number of rotatable bonds is 1. The Hall–Kier alpha value is -1.61. The van der Waals surface area contributed by atoms with Crippen molar-refractivity contribution in [1.29, 1.82) is 0 Å². The highest BCUT2D eigenvalue weighted by Crippen LogP contribution is 2.61. The van der Waals surface area contributed by atoms with Gasteiger partial charge in [-0.1, -0.05) is 42.0 Å². The molecule has 1 N–H and O–H groups in total. The van der Waals surface area contributed by atoms with Gasteiger partial charge >= 0.3 is 0 Å². The molecule has 1 saturated carbocycles. The maximum Gasteiger partial charge on any atom is 0.228 e. The molecule has 3 heteroatoms. The molecule has 23 heavy (non-hydrogen) atoms. The average Bonchev–Trinajstić information content (AvgIpc) is 3.17. The van der Waals surface area contributed by atoms with Crippen LogP contribution < -0.4 is 5.32 Å². The third-order valence-electron chi connectivity index (χ3n) is 6.61. The average molecular weight is 308 g/mol. The first kappa shape index (κ1) is 13.8. The minimum absolute atomic E-state index is 0.192. The zero-order chi connectivity index (χ0) is 15.6. The second-order valence-corrected chi connectivity index (χ2v) is 7.76. The van der Waals surface area contributed by atoms with Gasteiger partial charge < -0.3 is 4.90 Å². The van der Waals surface area contributed by atoms with Gasteiger partial charge in [0.15, 0.2) is 0 Å². The van der Waals surface area contributed by atoms with Crippen molar-refractivity contribution in [2.75, 3.05) is 13.1 Å². The molecule has 1 amide bonds. The molecule has 0 spiro atoms. The van der Waals surface area contributed by atoms with Gasteiger partial charge in [-0.2, -0.15) is 0 Å². The zero-order valence-electron chi connectivity index (χ0n) is 13.7. The number of nitrogens with zero attached hydrogens (tertiary/aromatic N) is 1. The van der Waals surface area contributed by atoms with Crippen molar-refractivity contribution in [3.05, 3.63) is 47.5 Å². The summed E-state index contributed by atoms with van der Waals surface area (Å²) in [7, 11) is 0. The molecule has 1 aromatic carbocycles. The maximum absolute atomic E-state index is 13.3. The summed E-state index contributed by atoms with van der Waals surface area (Å²) in [5, 5.41) is 3.85. The van der Waals surface area contributed by atoms with E-state index in [0.29, 0.717) is 23.7 Å². The minimum atomic E-state index is -0.282. The molecule has 120 valence electrons. The molecule has 2 heterocycles. The lowest BCUT2D eigenvalue weighted by molar-refractivity contribution is -0.135. The molecule has 3 nitrogen and oxygen atoms in total. The lowest BCUT2D eigenvalue weighted by Crippen LogP contribution is -2.57. The van der Waals surface area contributed by atoms with E-state index in [-0.39, 0.29) is 11.6 Å². The van der Waals surface area contributed by atoms with Crippen LogP contribution in [0.15, 0.2) is 36.4 Å². The third kappa shape index (κ3) is 1.66. The van der Waals surface area contributed by atoms with Crippen molar-refractivity contribution in [3.63, 3.8) is 0 Å². The number of amides is 1. The molecule has 2 aliphatic heterocycles. The molecule has 0 aromatic heterocycles. The molecule has 4 aliphatic rings. The van der Waals surface area contributed by atoms with Gasteiger partial charge in [-0.3, -0.25) is 10.1 Å². The molecule has 5 rings (SSSR count). The molecule has 2 bridgehead atoms. The second kappa shape index (κ2) is 4.70. The van der Waals surface area contributed by atoms with E-state index >= 15 is 0 Å². The molecule has 0 unspecified atom stereocenters. The number of benzene rings is 1. The summed E-state index contributed by atoms with van der Waals surface area (Å²) in [6.07, 6.45) is 8.11. The van der Waals surface area contributed by atoms with Crippen LogP contribution in [0.1, 0.15) is 30.4 Å². The van der Waals surface area contributed by atoms with Gasteiger partial charge in [-0.15, -0.1) is 0 Å². The second-order valence-electron chi connectivity index (χ2n) is 7.76. The topological polar surface area (TPSA) is 32.3 Å². The largest absolute Gasteiger partial charge is 0.320 e. The van der Waals surface area contributed by atoms with Crippen LogP contribution in [-0.2, 0) is 10.5 Å². The molecule has 5 atom stereocenters. The van der Waals surface area contributed by atoms with Crippen LogP contribution >= 0.6 is 0 Å². The van der Waals surface area contributed by atoms with Crippen LogP contribution in [0.2, 0.25) is 0 Å². The predicted molar refractivity (Wildman–Crippen MR) is 89.5 cm³/mol. The van der Waals surface area contributed by atoms with Crippen LogP contribution in [0, 0.1) is 30.6 Å². The van der Waals surface area contributed by atoms with Gasteiger partial charge in [-0.25, -0.2) is 0 Å². The highest BCUT2D eigenvalue weighted by Gasteiger charge is 2.66. The fourth-order valence-electron chi connectivity index (χ4n) is 5.69. The highest BCUT2D eigenvalue weighted by atomic mass is 16.2. The molecular formula is C20H24N2O. The lowest BCUT2D eigenvalue weighted by atomic mass is 9.75.